The maximum absolute atomic E-state index is 12.8. The van der Waals surface area contributed by atoms with Crippen molar-refractivity contribution in [2.45, 2.75) is 0 Å². The minimum Gasteiger partial charge on any atom is -0.454 e. The van der Waals surface area contributed by atoms with Gasteiger partial charge in [-0.3, -0.25) is 14.9 Å². The zero-order valence-electron chi connectivity index (χ0n) is 14.3. The summed E-state index contributed by atoms with van der Waals surface area (Å²) in [5.41, 5.74) is 1.17. The highest BCUT2D eigenvalue weighted by atomic mass is 79.9. The van der Waals surface area contributed by atoms with Gasteiger partial charge < -0.3 is 19.3 Å². The Bertz CT molecular complexity index is 912. The molecule has 27 heavy (non-hydrogen) atoms. The molecule has 0 bridgehead atoms. The lowest BCUT2D eigenvalue weighted by atomic mass is 10.1. The molecule has 4 rings (SSSR count). The number of nitro groups is 1. The van der Waals surface area contributed by atoms with Gasteiger partial charge in [0.05, 0.1) is 4.92 Å². The Hall–Kier alpha value is -2.81. The number of piperazine rings is 1. The van der Waals surface area contributed by atoms with E-state index in [0.29, 0.717) is 53.4 Å². The van der Waals surface area contributed by atoms with Crippen LogP contribution in [0.3, 0.4) is 0 Å². The molecule has 2 aliphatic heterocycles. The third-order valence-electron chi connectivity index (χ3n) is 4.66. The van der Waals surface area contributed by atoms with E-state index in [2.05, 4.69) is 15.9 Å². The lowest BCUT2D eigenvalue weighted by Gasteiger charge is -2.35. The first-order valence-corrected chi connectivity index (χ1v) is 9.20. The van der Waals surface area contributed by atoms with Gasteiger partial charge in [0.15, 0.2) is 11.5 Å². The Kier molecular flexibility index (Phi) is 4.61. The first kappa shape index (κ1) is 17.6. The van der Waals surface area contributed by atoms with Crippen molar-refractivity contribution in [2.75, 3.05) is 37.9 Å². The fourth-order valence-electron chi connectivity index (χ4n) is 3.27. The van der Waals surface area contributed by atoms with Crippen LogP contribution in [0.2, 0.25) is 0 Å². The number of anilines is 1. The van der Waals surface area contributed by atoms with E-state index in [1.807, 2.05) is 4.90 Å². The van der Waals surface area contributed by atoms with Crippen LogP contribution < -0.4 is 14.4 Å². The molecule has 0 unspecified atom stereocenters. The lowest BCUT2D eigenvalue weighted by Crippen LogP contribution is -2.48. The van der Waals surface area contributed by atoms with Crippen LogP contribution in [-0.2, 0) is 0 Å². The van der Waals surface area contributed by atoms with E-state index in [1.54, 1.807) is 35.2 Å². The van der Waals surface area contributed by atoms with Crippen LogP contribution in [0.15, 0.2) is 40.9 Å². The first-order valence-electron chi connectivity index (χ1n) is 8.41. The van der Waals surface area contributed by atoms with Crippen LogP contribution in [0.4, 0.5) is 11.4 Å². The van der Waals surface area contributed by atoms with Gasteiger partial charge in [-0.25, -0.2) is 0 Å². The van der Waals surface area contributed by atoms with Crippen LogP contribution in [0.25, 0.3) is 0 Å². The number of ether oxygens (including phenoxy) is 2. The molecule has 2 aliphatic rings. The molecule has 0 N–H and O–H groups in total. The number of nitrogens with zero attached hydrogens (tertiary/aromatic N) is 3. The van der Waals surface area contributed by atoms with Crippen molar-refractivity contribution in [3.05, 3.63) is 56.5 Å². The maximum Gasteiger partial charge on any atom is 0.293 e. The largest absolute Gasteiger partial charge is 0.454 e. The minimum absolute atomic E-state index is 0.0555. The van der Waals surface area contributed by atoms with Gasteiger partial charge in [0.25, 0.3) is 11.6 Å². The second kappa shape index (κ2) is 7.07. The number of hydrogen-bond acceptors (Lipinski definition) is 6. The normalized spacial score (nSPS) is 15.7. The van der Waals surface area contributed by atoms with Crippen LogP contribution in [0.5, 0.6) is 11.5 Å². The molecule has 0 saturated carbocycles. The third kappa shape index (κ3) is 3.42. The Morgan fingerprint density at radius 2 is 1.78 bits per heavy atom. The average Bonchev–Trinajstić information content (AvgIpc) is 3.15. The molecule has 0 spiro atoms. The molecule has 0 aromatic heterocycles. The second-order valence-electron chi connectivity index (χ2n) is 6.24. The van der Waals surface area contributed by atoms with Crippen molar-refractivity contribution < 1.29 is 19.2 Å². The molecule has 0 atom stereocenters. The van der Waals surface area contributed by atoms with Crippen LogP contribution in [-0.4, -0.2) is 48.7 Å². The lowest BCUT2D eigenvalue weighted by molar-refractivity contribution is -0.384. The van der Waals surface area contributed by atoms with Gasteiger partial charge in [0.1, 0.15) is 5.69 Å². The summed E-state index contributed by atoms with van der Waals surface area (Å²) >= 11 is 3.27. The molecule has 140 valence electrons. The Balaban J connectivity index is 1.46. The number of nitro benzene ring substituents is 1. The Labute approximate surface area is 163 Å². The van der Waals surface area contributed by atoms with Crippen molar-refractivity contribution in [1.29, 1.82) is 0 Å². The zero-order valence-corrected chi connectivity index (χ0v) is 15.8. The van der Waals surface area contributed by atoms with E-state index >= 15 is 0 Å². The number of benzene rings is 2. The fraction of sp³-hybridized carbons (Fsp3) is 0.278. The number of fused-ring (bicyclic) bond motifs is 1. The summed E-state index contributed by atoms with van der Waals surface area (Å²) in [6.45, 7) is 2.19. The SMILES string of the molecule is O=C(c1ccc2c(c1)OCO2)N1CCN(c2ccc(Br)cc2[N+](=O)[O-])CC1. The summed E-state index contributed by atoms with van der Waals surface area (Å²) in [7, 11) is 0. The van der Waals surface area contributed by atoms with Crippen LogP contribution in [0, 0.1) is 10.1 Å². The highest BCUT2D eigenvalue weighted by molar-refractivity contribution is 9.10. The molecule has 2 aromatic rings. The van der Waals surface area contributed by atoms with Gasteiger partial charge >= 0.3 is 0 Å². The van der Waals surface area contributed by atoms with Crippen molar-refractivity contribution in [3.8, 4) is 11.5 Å². The van der Waals surface area contributed by atoms with E-state index in [4.69, 9.17) is 9.47 Å². The fourth-order valence-corrected chi connectivity index (χ4v) is 3.62. The second-order valence-corrected chi connectivity index (χ2v) is 7.15. The van der Waals surface area contributed by atoms with E-state index < -0.39 is 0 Å². The van der Waals surface area contributed by atoms with Gasteiger partial charge in [-0.15, -0.1) is 0 Å². The molecule has 9 heteroatoms. The topological polar surface area (TPSA) is 85.2 Å². The van der Waals surface area contributed by atoms with Gasteiger partial charge in [0.2, 0.25) is 6.79 Å². The molecule has 0 aliphatic carbocycles. The predicted octanol–water partition coefficient (Wildman–Crippen LogP) is 3.05. The average molecular weight is 434 g/mol. The number of carbonyl (C=O) groups is 1. The van der Waals surface area contributed by atoms with Gasteiger partial charge in [0, 0.05) is 42.3 Å². The van der Waals surface area contributed by atoms with Crippen molar-refractivity contribution in [1.82, 2.24) is 4.90 Å². The number of amides is 1. The molecule has 2 aromatic carbocycles. The molecule has 0 radical (unpaired) electrons. The molecule has 1 amide bonds. The number of hydrogen-bond donors (Lipinski definition) is 0. The highest BCUT2D eigenvalue weighted by Gasteiger charge is 2.27. The molecule has 1 saturated heterocycles. The summed E-state index contributed by atoms with van der Waals surface area (Å²) < 4.78 is 11.3. The Morgan fingerprint density at radius 1 is 1.04 bits per heavy atom. The van der Waals surface area contributed by atoms with Crippen molar-refractivity contribution in [3.63, 3.8) is 0 Å². The third-order valence-corrected chi connectivity index (χ3v) is 5.15. The summed E-state index contributed by atoms with van der Waals surface area (Å²) in [6, 6.07) is 10.2. The zero-order chi connectivity index (χ0) is 19.0. The molecule has 8 nitrogen and oxygen atoms in total. The molecular weight excluding hydrogens is 418 g/mol. The van der Waals surface area contributed by atoms with Crippen molar-refractivity contribution >= 4 is 33.2 Å². The van der Waals surface area contributed by atoms with Crippen molar-refractivity contribution in [2.24, 2.45) is 0 Å². The minimum atomic E-state index is -0.385. The van der Waals surface area contributed by atoms with Gasteiger partial charge in [-0.2, -0.15) is 0 Å². The van der Waals surface area contributed by atoms with Gasteiger partial charge in [-0.05, 0) is 30.3 Å². The quantitative estimate of drug-likeness (QED) is 0.546. The van der Waals surface area contributed by atoms with E-state index in [9.17, 15) is 14.9 Å². The molecule has 2 heterocycles. The van der Waals surface area contributed by atoms with Crippen LogP contribution >= 0.6 is 15.9 Å². The maximum atomic E-state index is 12.8. The number of rotatable bonds is 3. The smallest absolute Gasteiger partial charge is 0.293 e. The molecular formula is C18H16BrN3O5. The summed E-state index contributed by atoms with van der Waals surface area (Å²) in [5.74, 6) is 1.13. The molecule has 1 fully saturated rings. The number of halogens is 1. The van der Waals surface area contributed by atoms with Gasteiger partial charge in [-0.1, -0.05) is 15.9 Å². The van der Waals surface area contributed by atoms with Crippen LogP contribution in [0.1, 0.15) is 10.4 Å². The van der Waals surface area contributed by atoms with E-state index in [-0.39, 0.29) is 23.3 Å². The van der Waals surface area contributed by atoms with E-state index in [1.165, 1.54) is 6.07 Å². The number of carbonyl (C=O) groups excluding carboxylic acids is 1. The highest BCUT2D eigenvalue weighted by Crippen LogP contribution is 2.34. The monoisotopic (exact) mass is 433 g/mol. The Morgan fingerprint density at radius 3 is 2.52 bits per heavy atom. The predicted molar refractivity (Wildman–Crippen MR) is 101 cm³/mol. The standard InChI is InChI=1S/C18H16BrN3O5/c19-13-2-3-14(15(10-13)22(24)25)20-5-7-21(8-6-20)18(23)12-1-4-16-17(9-12)27-11-26-16/h1-4,9-10H,5-8,11H2. The summed E-state index contributed by atoms with van der Waals surface area (Å²) in [4.78, 5) is 27.4. The summed E-state index contributed by atoms with van der Waals surface area (Å²) in [5, 5.41) is 11.3. The van der Waals surface area contributed by atoms with E-state index in [0.717, 1.165) is 0 Å². The summed E-state index contributed by atoms with van der Waals surface area (Å²) in [6.07, 6.45) is 0. The first-order chi connectivity index (χ1) is 13.0.